The summed E-state index contributed by atoms with van der Waals surface area (Å²) in [4.78, 5) is 27.5. The van der Waals surface area contributed by atoms with Gasteiger partial charge in [0, 0.05) is 6.20 Å². The summed E-state index contributed by atoms with van der Waals surface area (Å²) in [5, 5.41) is 0. The van der Waals surface area contributed by atoms with Gasteiger partial charge in [-0.1, -0.05) is 12.1 Å². The molecular formula is C15H8F2N2O2. The SMILES string of the molecule is O=Cc1nc2c(F)cccn2c(=O)c1-c1cccc(F)c1. The number of carbonyl (C=O) groups is 1. The van der Waals surface area contributed by atoms with E-state index in [0.717, 1.165) is 16.5 Å². The Bertz CT molecular complexity index is 919. The van der Waals surface area contributed by atoms with Crippen LogP contribution >= 0.6 is 0 Å². The minimum absolute atomic E-state index is 0.0624. The third-order valence-electron chi connectivity index (χ3n) is 3.06. The largest absolute Gasteiger partial charge is 0.296 e. The van der Waals surface area contributed by atoms with Gasteiger partial charge >= 0.3 is 0 Å². The molecule has 2 aromatic heterocycles. The lowest BCUT2D eigenvalue weighted by Gasteiger charge is -2.08. The molecule has 0 aliphatic rings. The van der Waals surface area contributed by atoms with Crippen molar-refractivity contribution in [3.05, 3.63) is 70.3 Å². The van der Waals surface area contributed by atoms with Crippen molar-refractivity contribution in [3.8, 4) is 11.1 Å². The molecule has 0 aliphatic heterocycles. The monoisotopic (exact) mass is 286 g/mol. The third kappa shape index (κ3) is 2.10. The van der Waals surface area contributed by atoms with Gasteiger partial charge in [-0.25, -0.2) is 13.8 Å². The number of pyridine rings is 1. The molecule has 0 amide bonds. The molecule has 0 bridgehead atoms. The number of rotatable bonds is 2. The molecule has 3 rings (SSSR count). The van der Waals surface area contributed by atoms with Crippen LogP contribution in [0.3, 0.4) is 0 Å². The summed E-state index contributed by atoms with van der Waals surface area (Å²) < 4.78 is 28.0. The summed E-state index contributed by atoms with van der Waals surface area (Å²) in [6.07, 6.45) is 1.69. The van der Waals surface area contributed by atoms with E-state index in [1.807, 2.05) is 0 Å². The van der Waals surface area contributed by atoms with E-state index < -0.39 is 17.2 Å². The van der Waals surface area contributed by atoms with Gasteiger partial charge in [0.2, 0.25) is 0 Å². The van der Waals surface area contributed by atoms with E-state index in [1.165, 1.54) is 30.5 Å². The highest BCUT2D eigenvalue weighted by atomic mass is 19.1. The van der Waals surface area contributed by atoms with Crippen LogP contribution in [0.5, 0.6) is 0 Å². The first-order chi connectivity index (χ1) is 10.1. The second-order valence-corrected chi connectivity index (χ2v) is 4.36. The lowest BCUT2D eigenvalue weighted by Crippen LogP contribution is -2.20. The van der Waals surface area contributed by atoms with Gasteiger partial charge in [0.1, 0.15) is 11.5 Å². The molecule has 4 nitrogen and oxygen atoms in total. The molecule has 2 heterocycles. The van der Waals surface area contributed by atoms with Crippen molar-refractivity contribution in [3.63, 3.8) is 0 Å². The fourth-order valence-corrected chi connectivity index (χ4v) is 2.15. The Morgan fingerprint density at radius 1 is 1.14 bits per heavy atom. The fraction of sp³-hybridized carbons (Fsp3) is 0. The Balaban J connectivity index is 2.45. The number of carbonyl (C=O) groups excluding carboxylic acids is 1. The Kier molecular flexibility index (Phi) is 3.06. The topological polar surface area (TPSA) is 51.4 Å². The van der Waals surface area contributed by atoms with E-state index in [2.05, 4.69) is 4.98 Å². The average Bonchev–Trinajstić information content (AvgIpc) is 2.48. The summed E-state index contributed by atoms with van der Waals surface area (Å²) in [6, 6.07) is 7.73. The van der Waals surface area contributed by atoms with Crippen molar-refractivity contribution in [2.45, 2.75) is 0 Å². The molecule has 21 heavy (non-hydrogen) atoms. The number of halogens is 2. The molecule has 0 radical (unpaired) electrons. The molecule has 0 unspecified atom stereocenters. The van der Waals surface area contributed by atoms with Gasteiger partial charge in [0.15, 0.2) is 17.8 Å². The van der Waals surface area contributed by atoms with Crippen LogP contribution in [0, 0.1) is 11.6 Å². The van der Waals surface area contributed by atoms with E-state index in [1.54, 1.807) is 0 Å². The molecule has 0 aliphatic carbocycles. The van der Waals surface area contributed by atoms with Crippen LogP contribution in [0.1, 0.15) is 10.5 Å². The van der Waals surface area contributed by atoms with Gasteiger partial charge in [0.25, 0.3) is 5.56 Å². The predicted molar refractivity (Wildman–Crippen MR) is 72.2 cm³/mol. The standard InChI is InChI=1S/C15H8F2N2O2/c16-10-4-1-3-9(7-10)13-12(8-20)18-14-11(17)5-2-6-19(14)15(13)21/h1-8H. The molecule has 3 aromatic rings. The number of hydrogen-bond acceptors (Lipinski definition) is 3. The zero-order valence-electron chi connectivity index (χ0n) is 10.6. The molecule has 0 N–H and O–H groups in total. The first-order valence-electron chi connectivity index (χ1n) is 6.04. The maximum atomic E-state index is 13.7. The molecule has 1 aromatic carbocycles. The van der Waals surface area contributed by atoms with Gasteiger partial charge in [-0.05, 0) is 29.8 Å². The molecule has 0 saturated carbocycles. The first kappa shape index (κ1) is 13.1. The van der Waals surface area contributed by atoms with E-state index in [0.29, 0.717) is 6.29 Å². The Morgan fingerprint density at radius 2 is 1.95 bits per heavy atom. The normalized spacial score (nSPS) is 10.8. The Morgan fingerprint density at radius 3 is 2.67 bits per heavy atom. The summed E-state index contributed by atoms with van der Waals surface area (Å²) in [7, 11) is 0. The van der Waals surface area contributed by atoms with Crippen LogP contribution in [0.4, 0.5) is 8.78 Å². The van der Waals surface area contributed by atoms with E-state index in [-0.39, 0.29) is 22.5 Å². The van der Waals surface area contributed by atoms with E-state index >= 15 is 0 Å². The van der Waals surface area contributed by atoms with Gasteiger partial charge < -0.3 is 0 Å². The van der Waals surface area contributed by atoms with Gasteiger partial charge in [-0.3, -0.25) is 14.0 Å². The number of nitrogens with zero attached hydrogens (tertiary/aromatic N) is 2. The molecule has 0 saturated heterocycles. The van der Waals surface area contributed by atoms with Crippen molar-refractivity contribution < 1.29 is 13.6 Å². The molecule has 6 heteroatoms. The summed E-state index contributed by atoms with van der Waals surface area (Å²) in [5.74, 6) is -1.27. The maximum absolute atomic E-state index is 13.7. The van der Waals surface area contributed by atoms with Gasteiger partial charge in [-0.2, -0.15) is 0 Å². The first-order valence-corrected chi connectivity index (χ1v) is 6.04. The quantitative estimate of drug-likeness (QED) is 0.680. The molecule has 0 atom stereocenters. The van der Waals surface area contributed by atoms with Gasteiger partial charge in [-0.15, -0.1) is 0 Å². The molecule has 0 fully saturated rings. The van der Waals surface area contributed by atoms with E-state index in [4.69, 9.17) is 0 Å². The highest BCUT2D eigenvalue weighted by Crippen LogP contribution is 2.20. The zero-order chi connectivity index (χ0) is 15.0. The van der Waals surface area contributed by atoms with Crippen LogP contribution in [-0.4, -0.2) is 15.7 Å². The number of fused-ring (bicyclic) bond motifs is 1. The van der Waals surface area contributed by atoms with Crippen molar-refractivity contribution in [1.29, 1.82) is 0 Å². The number of hydrogen-bond donors (Lipinski definition) is 0. The van der Waals surface area contributed by atoms with E-state index in [9.17, 15) is 18.4 Å². The molecule has 0 spiro atoms. The van der Waals surface area contributed by atoms with Crippen LogP contribution < -0.4 is 5.56 Å². The Labute approximate surface area is 117 Å². The van der Waals surface area contributed by atoms with Crippen molar-refractivity contribution in [1.82, 2.24) is 9.38 Å². The van der Waals surface area contributed by atoms with Crippen LogP contribution in [-0.2, 0) is 0 Å². The minimum Gasteiger partial charge on any atom is -0.296 e. The third-order valence-corrected chi connectivity index (χ3v) is 3.06. The van der Waals surface area contributed by atoms with Crippen LogP contribution in [0.25, 0.3) is 16.8 Å². The van der Waals surface area contributed by atoms with Crippen LogP contribution in [0.15, 0.2) is 47.4 Å². The summed E-state index contributed by atoms with van der Waals surface area (Å²) in [6.45, 7) is 0. The Hall–Kier alpha value is -2.89. The van der Waals surface area contributed by atoms with Crippen molar-refractivity contribution >= 4 is 11.9 Å². The second kappa shape index (κ2) is 4.90. The number of benzene rings is 1. The lowest BCUT2D eigenvalue weighted by molar-refractivity contribution is 0.111. The summed E-state index contributed by atoms with van der Waals surface area (Å²) in [5.41, 5.74) is -0.950. The molecular weight excluding hydrogens is 278 g/mol. The smallest absolute Gasteiger partial charge is 0.266 e. The predicted octanol–water partition coefficient (Wildman–Crippen LogP) is 2.45. The fourth-order valence-electron chi connectivity index (χ4n) is 2.15. The number of aromatic nitrogens is 2. The highest BCUT2D eigenvalue weighted by Gasteiger charge is 2.16. The van der Waals surface area contributed by atoms with Crippen molar-refractivity contribution in [2.75, 3.05) is 0 Å². The van der Waals surface area contributed by atoms with Gasteiger partial charge in [0.05, 0.1) is 5.56 Å². The highest BCUT2D eigenvalue weighted by molar-refractivity contribution is 5.85. The van der Waals surface area contributed by atoms with Crippen LogP contribution in [0.2, 0.25) is 0 Å². The lowest BCUT2D eigenvalue weighted by atomic mass is 10.1. The second-order valence-electron chi connectivity index (χ2n) is 4.36. The maximum Gasteiger partial charge on any atom is 0.266 e. The summed E-state index contributed by atoms with van der Waals surface area (Å²) >= 11 is 0. The average molecular weight is 286 g/mol. The zero-order valence-corrected chi connectivity index (χ0v) is 10.6. The van der Waals surface area contributed by atoms with Crippen molar-refractivity contribution in [2.24, 2.45) is 0 Å². The number of aldehydes is 1. The molecule has 104 valence electrons. The minimum atomic E-state index is -0.719.